The second kappa shape index (κ2) is 6.80. The SMILES string of the molecule is CCOc1ccc(C=O)cc1NC(=O)c1ccc(F)c(F)c1. The van der Waals surface area contributed by atoms with E-state index in [1.54, 1.807) is 19.1 Å². The maximum atomic E-state index is 13.2. The summed E-state index contributed by atoms with van der Waals surface area (Å²) in [7, 11) is 0. The topological polar surface area (TPSA) is 55.4 Å². The van der Waals surface area contributed by atoms with Crippen molar-refractivity contribution in [2.45, 2.75) is 6.92 Å². The number of ether oxygens (including phenoxy) is 1. The van der Waals surface area contributed by atoms with Crippen molar-refractivity contribution in [1.29, 1.82) is 0 Å². The van der Waals surface area contributed by atoms with E-state index in [0.717, 1.165) is 18.2 Å². The van der Waals surface area contributed by atoms with E-state index < -0.39 is 17.5 Å². The van der Waals surface area contributed by atoms with Gasteiger partial charge in [0.05, 0.1) is 12.3 Å². The van der Waals surface area contributed by atoms with Crippen LogP contribution in [-0.4, -0.2) is 18.8 Å². The number of halogens is 2. The third-order valence-electron chi connectivity index (χ3n) is 2.87. The van der Waals surface area contributed by atoms with E-state index in [1.807, 2.05) is 0 Å². The van der Waals surface area contributed by atoms with Gasteiger partial charge in [0.2, 0.25) is 0 Å². The number of carbonyl (C=O) groups excluding carboxylic acids is 2. The molecule has 0 unspecified atom stereocenters. The summed E-state index contributed by atoms with van der Waals surface area (Å²) in [6.07, 6.45) is 0.628. The van der Waals surface area contributed by atoms with Gasteiger partial charge in [0.25, 0.3) is 5.91 Å². The summed E-state index contributed by atoms with van der Waals surface area (Å²) in [5, 5.41) is 2.52. The Hall–Kier alpha value is -2.76. The Morgan fingerprint density at radius 3 is 2.59 bits per heavy atom. The number of carbonyl (C=O) groups is 2. The molecule has 0 saturated carbocycles. The number of amides is 1. The molecular formula is C16H13F2NO3. The Balaban J connectivity index is 2.29. The molecule has 22 heavy (non-hydrogen) atoms. The minimum absolute atomic E-state index is 0.0437. The first kappa shape index (κ1) is 15.6. The van der Waals surface area contributed by atoms with Crippen LogP contribution in [0.2, 0.25) is 0 Å². The van der Waals surface area contributed by atoms with Gasteiger partial charge in [-0.2, -0.15) is 0 Å². The van der Waals surface area contributed by atoms with Crippen LogP contribution in [0, 0.1) is 11.6 Å². The second-order valence-corrected chi connectivity index (χ2v) is 4.39. The molecular weight excluding hydrogens is 292 g/mol. The third kappa shape index (κ3) is 3.46. The largest absolute Gasteiger partial charge is 0.492 e. The fraction of sp³-hybridized carbons (Fsp3) is 0.125. The van der Waals surface area contributed by atoms with E-state index in [0.29, 0.717) is 24.2 Å². The van der Waals surface area contributed by atoms with Gasteiger partial charge >= 0.3 is 0 Å². The zero-order chi connectivity index (χ0) is 16.1. The molecule has 2 rings (SSSR count). The molecule has 0 spiro atoms. The summed E-state index contributed by atoms with van der Waals surface area (Å²) in [5.74, 6) is -2.40. The van der Waals surface area contributed by atoms with Gasteiger partial charge in [0, 0.05) is 11.1 Å². The van der Waals surface area contributed by atoms with Crippen LogP contribution >= 0.6 is 0 Å². The Morgan fingerprint density at radius 2 is 1.95 bits per heavy atom. The molecule has 0 aliphatic rings. The quantitative estimate of drug-likeness (QED) is 0.861. The number of aldehydes is 1. The van der Waals surface area contributed by atoms with Gasteiger partial charge in [0.15, 0.2) is 11.6 Å². The van der Waals surface area contributed by atoms with Crippen LogP contribution in [0.15, 0.2) is 36.4 Å². The van der Waals surface area contributed by atoms with Gasteiger partial charge in [-0.05, 0) is 43.3 Å². The highest BCUT2D eigenvalue weighted by molar-refractivity contribution is 6.05. The van der Waals surface area contributed by atoms with Crippen molar-refractivity contribution in [3.8, 4) is 5.75 Å². The average Bonchev–Trinajstić information content (AvgIpc) is 2.51. The van der Waals surface area contributed by atoms with Crippen molar-refractivity contribution in [1.82, 2.24) is 0 Å². The molecule has 0 heterocycles. The Morgan fingerprint density at radius 1 is 1.18 bits per heavy atom. The highest BCUT2D eigenvalue weighted by atomic mass is 19.2. The number of rotatable bonds is 5. The maximum absolute atomic E-state index is 13.2. The molecule has 1 N–H and O–H groups in total. The number of benzene rings is 2. The van der Waals surface area contributed by atoms with E-state index in [1.165, 1.54) is 6.07 Å². The lowest BCUT2D eigenvalue weighted by Gasteiger charge is -2.12. The minimum Gasteiger partial charge on any atom is -0.492 e. The molecule has 1 amide bonds. The van der Waals surface area contributed by atoms with Crippen molar-refractivity contribution >= 4 is 17.9 Å². The minimum atomic E-state index is -1.11. The van der Waals surface area contributed by atoms with Gasteiger partial charge in [-0.3, -0.25) is 9.59 Å². The number of hydrogen-bond acceptors (Lipinski definition) is 3. The van der Waals surface area contributed by atoms with Crippen LogP contribution in [0.4, 0.5) is 14.5 Å². The second-order valence-electron chi connectivity index (χ2n) is 4.39. The number of hydrogen-bond donors (Lipinski definition) is 1. The highest BCUT2D eigenvalue weighted by Crippen LogP contribution is 2.26. The van der Waals surface area contributed by atoms with Crippen molar-refractivity contribution in [2.75, 3.05) is 11.9 Å². The number of nitrogens with one attached hydrogen (secondary N) is 1. The lowest BCUT2D eigenvalue weighted by Crippen LogP contribution is -2.13. The van der Waals surface area contributed by atoms with Crippen molar-refractivity contribution < 1.29 is 23.1 Å². The maximum Gasteiger partial charge on any atom is 0.255 e. The molecule has 0 atom stereocenters. The fourth-order valence-corrected chi connectivity index (χ4v) is 1.83. The first-order chi connectivity index (χ1) is 10.5. The van der Waals surface area contributed by atoms with E-state index in [2.05, 4.69) is 5.32 Å². The molecule has 0 aliphatic heterocycles. The zero-order valence-electron chi connectivity index (χ0n) is 11.7. The number of anilines is 1. The van der Waals surface area contributed by atoms with Crippen LogP contribution < -0.4 is 10.1 Å². The molecule has 2 aromatic rings. The lowest BCUT2D eigenvalue weighted by molar-refractivity contribution is 0.102. The molecule has 2 aromatic carbocycles. The molecule has 6 heteroatoms. The molecule has 0 saturated heterocycles. The van der Waals surface area contributed by atoms with Gasteiger partial charge < -0.3 is 10.1 Å². The van der Waals surface area contributed by atoms with E-state index in [-0.39, 0.29) is 11.3 Å². The smallest absolute Gasteiger partial charge is 0.255 e. The van der Waals surface area contributed by atoms with Gasteiger partial charge in [-0.1, -0.05) is 0 Å². The predicted molar refractivity (Wildman–Crippen MR) is 77.3 cm³/mol. The summed E-state index contributed by atoms with van der Waals surface area (Å²) in [5.41, 5.74) is 0.586. The normalized spacial score (nSPS) is 10.1. The molecule has 0 radical (unpaired) electrons. The van der Waals surface area contributed by atoms with Crippen LogP contribution in [-0.2, 0) is 0 Å². The van der Waals surface area contributed by atoms with Crippen LogP contribution in [0.5, 0.6) is 5.75 Å². The molecule has 0 bridgehead atoms. The predicted octanol–water partition coefficient (Wildman–Crippen LogP) is 3.43. The summed E-state index contributed by atoms with van der Waals surface area (Å²) < 4.78 is 31.4. The first-order valence-electron chi connectivity index (χ1n) is 6.53. The zero-order valence-corrected chi connectivity index (χ0v) is 11.7. The standard InChI is InChI=1S/C16H13F2NO3/c1-2-22-15-6-3-10(9-20)7-14(15)19-16(21)11-4-5-12(17)13(18)8-11/h3-9H,2H2,1H3,(H,19,21). The fourth-order valence-electron chi connectivity index (χ4n) is 1.83. The van der Waals surface area contributed by atoms with Gasteiger partial charge in [-0.15, -0.1) is 0 Å². The summed E-state index contributed by atoms with van der Waals surface area (Å²) >= 11 is 0. The summed E-state index contributed by atoms with van der Waals surface area (Å²) in [6.45, 7) is 2.14. The van der Waals surface area contributed by atoms with Gasteiger partial charge in [-0.25, -0.2) is 8.78 Å². The summed E-state index contributed by atoms with van der Waals surface area (Å²) in [4.78, 5) is 22.9. The molecule has 0 aliphatic carbocycles. The van der Waals surface area contributed by atoms with Crippen molar-refractivity contribution in [3.05, 3.63) is 59.2 Å². The van der Waals surface area contributed by atoms with Crippen LogP contribution in [0.25, 0.3) is 0 Å². The third-order valence-corrected chi connectivity index (χ3v) is 2.87. The Bertz CT molecular complexity index is 717. The molecule has 4 nitrogen and oxygen atoms in total. The van der Waals surface area contributed by atoms with Crippen molar-refractivity contribution in [2.24, 2.45) is 0 Å². The van der Waals surface area contributed by atoms with Gasteiger partial charge in [0.1, 0.15) is 12.0 Å². The summed E-state index contributed by atoms with van der Waals surface area (Å²) in [6, 6.07) is 7.37. The Labute approximate surface area is 125 Å². The molecule has 0 aromatic heterocycles. The van der Waals surface area contributed by atoms with Crippen LogP contribution in [0.3, 0.4) is 0 Å². The lowest BCUT2D eigenvalue weighted by atomic mass is 10.1. The Kier molecular flexibility index (Phi) is 4.83. The monoisotopic (exact) mass is 305 g/mol. The van der Waals surface area contributed by atoms with Crippen LogP contribution in [0.1, 0.15) is 27.6 Å². The van der Waals surface area contributed by atoms with E-state index in [4.69, 9.17) is 4.74 Å². The first-order valence-corrected chi connectivity index (χ1v) is 6.53. The molecule has 0 fully saturated rings. The highest BCUT2D eigenvalue weighted by Gasteiger charge is 2.13. The van der Waals surface area contributed by atoms with E-state index >= 15 is 0 Å². The average molecular weight is 305 g/mol. The molecule has 114 valence electrons. The van der Waals surface area contributed by atoms with E-state index in [9.17, 15) is 18.4 Å². The van der Waals surface area contributed by atoms with Crippen molar-refractivity contribution in [3.63, 3.8) is 0 Å².